The van der Waals surface area contributed by atoms with Crippen molar-refractivity contribution in [1.82, 2.24) is 10.1 Å². The largest absolute Gasteiger partial charge is 0.460 e. The summed E-state index contributed by atoms with van der Waals surface area (Å²) in [5.74, 6) is 0.682. The third-order valence-electron chi connectivity index (χ3n) is 2.15. The first-order valence-corrected chi connectivity index (χ1v) is 5.55. The molecule has 5 nitrogen and oxygen atoms in total. The van der Waals surface area contributed by atoms with E-state index in [1.807, 2.05) is 6.92 Å². The van der Waals surface area contributed by atoms with Crippen LogP contribution >= 0.6 is 0 Å². The van der Waals surface area contributed by atoms with Crippen LogP contribution in [-0.2, 0) is 4.74 Å². The Bertz CT molecular complexity index is 347. The van der Waals surface area contributed by atoms with Gasteiger partial charge >= 0.3 is 5.97 Å². The van der Waals surface area contributed by atoms with Crippen LogP contribution in [0.4, 0.5) is 0 Å². The lowest BCUT2D eigenvalue weighted by atomic mass is 9.99. The van der Waals surface area contributed by atoms with Crippen LogP contribution in [-0.4, -0.2) is 22.7 Å². The Hall–Kier alpha value is -1.39. The van der Waals surface area contributed by atoms with Crippen molar-refractivity contribution in [3.8, 4) is 0 Å². The summed E-state index contributed by atoms with van der Waals surface area (Å²) in [6.07, 6.45) is 0.949. The fourth-order valence-corrected chi connectivity index (χ4v) is 1.52. The fraction of sp³-hybridized carbons (Fsp3) is 0.727. The molecule has 0 aliphatic heterocycles. The molecule has 0 aliphatic rings. The third kappa shape index (κ3) is 3.32. The average Bonchev–Trinajstić information content (AvgIpc) is 2.65. The van der Waals surface area contributed by atoms with Crippen LogP contribution in [0.5, 0.6) is 0 Å². The first-order chi connectivity index (χ1) is 7.54. The molecule has 0 N–H and O–H groups in total. The van der Waals surface area contributed by atoms with Gasteiger partial charge in [-0.25, -0.2) is 4.79 Å². The van der Waals surface area contributed by atoms with E-state index in [9.17, 15) is 4.79 Å². The summed E-state index contributed by atoms with van der Waals surface area (Å²) < 4.78 is 9.81. The molecule has 16 heavy (non-hydrogen) atoms. The lowest BCUT2D eigenvalue weighted by Crippen LogP contribution is -2.07. The van der Waals surface area contributed by atoms with Gasteiger partial charge in [0.1, 0.15) is 0 Å². The maximum atomic E-state index is 11.3. The lowest BCUT2D eigenvalue weighted by molar-refractivity contribution is 0.0508. The summed E-state index contributed by atoms with van der Waals surface area (Å²) >= 11 is 0. The number of carbonyl (C=O) groups is 1. The molecule has 0 spiro atoms. The van der Waals surface area contributed by atoms with Crippen LogP contribution in [0.15, 0.2) is 4.52 Å². The van der Waals surface area contributed by atoms with Crippen LogP contribution in [0, 0.1) is 5.92 Å². The molecular formula is C11H18N2O3. The molecule has 0 aromatic carbocycles. The number of aromatic nitrogens is 2. The first kappa shape index (κ1) is 12.7. The van der Waals surface area contributed by atoms with E-state index in [2.05, 4.69) is 24.0 Å². The van der Waals surface area contributed by atoms with Gasteiger partial charge in [0.05, 0.1) is 6.61 Å². The zero-order chi connectivity index (χ0) is 12.1. The van der Waals surface area contributed by atoms with Gasteiger partial charge in [0, 0.05) is 5.92 Å². The number of hydrogen-bond acceptors (Lipinski definition) is 5. The number of hydrogen-bond donors (Lipinski definition) is 0. The summed E-state index contributed by atoms with van der Waals surface area (Å²) in [4.78, 5) is 15.3. The van der Waals surface area contributed by atoms with Gasteiger partial charge < -0.3 is 9.26 Å². The zero-order valence-electron chi connectivity index (χ0n) is 10.2. The molecule has 1 aromatic heterocycles. The molecule has 5 heteroatoms. The van der Waals surface area contributed by atoms with Crippen LogP contribution < -0.4 is 0 Å². The number of nitrogens with zero attached hydrogens (tertiary/aromatic N) is 2. The molecule has 1 atom stereocenters. The highest BCUT2D eigenvalue weighted by Crippen LogP contribution is 2.21. The molecule has 0 amide bonds. The Labute approximate surface area is 95.2 Å². The lowest BCUT2D eigenvalue weighted by Gasteiger charge is -2.08. The second kappa shape index (κ2) is 5.63. The normalized spacial score (nSPS) is 12.8. The molecule has 0 saturated carbocycles. The summed E-state index contributed by atoms with van der Waals surface area (Å²) in [5, 5.41) is 3.60. The van der Waals surface area contributed by atoms with Gasteiger partial charge in [-0.1, -0.05) is 20.8 Å². The minimum Gasteiger partial charge on any atom is -0.460 e. The first-order valence-electron chi connectivity index (χ1n) is 5.55. The third-order valence-corrected chi connectivity index (χ3v) is 2.15. The summed E-state index contributed by atoms with van der Waals surface area (Å²) in [6.45, 7) is 8.30. The molecule has 1 unspecified atom stereocenters. The number of carbonyl (C=O) groups excluding carboxylic acids is 1. The van der Waals surface area contributed by atoms with Gasteiger partial charge in [0.25, 0.3) is 5.82 Å². The Morgan fingerprint density at radius 1 is 1.44 bits per heavy atom. The summed E-state index contributed by atoms with van der Waals surface area (Å²) in [7, 11) is 0. The number of rotatable bonds is 5. The van der Waals surface area contributed by atoms with Crippen LogP contribution in [0.2, 0.25) is 0 Å². The van der Waals surface area contributed by atoms with Crippen LogP contribution in [0.1, 0.15) is 56.5 Å². The van der Waals surface area contributed by atoms with E-state index in [0.717, 1.165) is 6.42 Å². The van der Waals surface area contributed by atoms with Crippen molar-refractivity contribution in [1.29, 1.82) is 0 Å². The van der Waals surface area contributed by atoms with Gasteiger partial charge in [-0.3, -0.25) is 0 Å². The second-order valence-electron chi connectivity index (χ2n) is 4.21. The van der Waals surface area contributed by atoms with Crippen LogP contribution in [0.25, 0.3) is 0 Å². The molecule has 1 heterocycles. The van der Waals surface area contributed by atoms with E-state index in [4.69, 9.17) is 9.26 Å². The molecule has 90 valence electrons. The molecule has 0 radical (unpaired) electrons. The van der Waals surface area contributed by atoms with Crippen molar-refractivity contribution >= 4 is 5.97 Å². The van der Waals surface area contributed by atoms with E-state index in [1.54, 1.807) is 6.92 Å². The van der Waals surface area contributed by atoms with Crippen molar-refractivity contribution in [3.05, 3.63) is 11.7 Å². The van der Waals surface area contributed by atoms with E-state index in [1.165, 1.54) is 0 Å². The van der Waals surface area contributed by atoms with E-state index >= 15 is 0 Å². The minimum atomic E-state index is -0.533. The highest BCUT2D eigenvalue weighted by Gasteiger charge is 2.19. The van der Waals surface area contributed by atoms with E-state index in [-0.39, 0.29) is 11.7 Å². The van der Waals surface area contributed by atoms with Crippen molar-refractivity contribution in [2.24, 2.45) is 5.92 Å². The molecule has 0 saturated heterocycles. The van der Waals surface area contributed by atoms with Crippen molar-refractivity contribution < 1.29 is 14.1 Å². The monoisotopic (exact) mass is 226 g/mol. The quantitative estimate of drug-likeness (QED) is 0.721. The highest BCUT2D eigenvalue weighted by molar-refractivity contribution is 5.84. The van der Waals surface area contributed by atoms with Crippen LogP contribution in [0.3, 0.4) is 0 Å². The molecule has 0 bridgehead atoms. The van der Waals surface area contributed by atoms with Gasteiger partial charge in [0.15, 0.2) is 0 Å². The molecule has 1 rings (SSSR count). The van der Waals surface area contributed by atoms with Crippen molar-refractivity contribution in [2.75, 3.05) is 6.61 Å². The molecular weight excluding hydrogens is 208 g/mol. The van der Waals surface area contributed by atoms with Crippen molar-refractivity contribution in [3.63, 3.8) is 0 Å². The standard InChI is InChI=1S/C11H18N2O3/c1-5-15-11(14)9-12-10(16-13-9)8(4)6-7(2)3/h7-8H,5-6H2,1-4H3. The minimum absolute atomic E-state index is 0.00690. The SMILES string of the molecule is CCOC(=O)c1noc(C(C)CC(C)C)n1. The molecule has 1 aromatic rings. The van der Waals surface area contributed by atoms with Gasteiger partial charge in [-0.15, -0.1) is 0 Å². The van der Waals surface area contributed by atoms with E-state index in [0.29, 0.717) is 18.4 Å². The maximum absolute atomic E-state index is 11.3. The summed E-state index contributed by atoms with van der Waals surface area (Å²) in [6, 6.07) is 0. The molecule has 0 aliphatic carbocycles. The average molecular weight is 226 g/mol. The smallest absolute Gasteiger partial charge is 0.379 e. The van der Waals surface area contributed by atoms with Gasteiger partial charge in [-0.05, 0) is 24.4 Å². The fourth-order valence-electron chi connectivity index (χ4n) is 1.52. The number of ether oxygens (including phenoxy) is 1. The topological polar surface area (TPSA) is 65.2 Å². The Morgan fingerprint density at radius 2 is 2.12 bits per heavy atom. The Balaban J connectivity index is 2.67. The predicted molar refractivity (Wildman–Crippen MR) is 58.1 cm³/mol. The van der Waals surface area contributed by atoms with Gasteiger partial charge in [-0.2, -0.15) is 4.98 Å². The van der Waals surface area contributed by atoms with Gasteiger partial charge in [0.2, 0.25) is 5.89 Å². The number of esters is 1. The Morgan fingerprint density at radius 3 is 2.69 bits per heavy atom. The highest BCUT2D eigenvalue weighted by atomic mass is 16.5. The molecule has 0 fully saturated rings. The maximum Gasteiger partial charge on any atom is 0.379 e. The predicted octanol–water partition coefficient (Wildman–Crippen LogP) is 2.40. The second-order valence-corrected chi connectivity index (χ2v) is 4.21. The zero-order valence-corrected chi connectivity index (χ0v) is 10.2. The van der Waals surface area contributed by atoms with Crippen molar-refractivity contribution in [2.45, 2.75) is 40.0 Å². The van der Waals surface area contributed by atoms with E-state index < -0.39 is 5.97 Å². The Kier molecular flexibility index (Phi) is 4.46. The summed E-state index contributed by atoms with van der Waals surface area (Å²) in [5.41, 5.74) is 0.